The van der Waals surface area contributed by atoms with Gasteiger partial charge in [0.1, 0.15) is 11.7 Å². The lowest BCUT2D eigenvalue weighted by Crippen LogP contribution is -2.58. The molecular formula is C22H30N4O3. The fraction of sp³-hybridized carbons (Fsp3) is 0.682. The number of likely N-dealkylation sites (tertiary alicyclic amines) is 1. The van der Waals surface area contributed by atoms with Gasteiger partial charge in [0.15, 0.2) is 0 Å². The van der Waals surface area contributed by atoms with E-state index in [2.05, 4.69) is 10.9 Å². The molecule has 2 N–H and O–H groups in total. The normalized spacial score (nSPS) is 35.0. The van der Waals surface area contributed by atoms with Crippen molar-refractivity contribution in [2.75, 3.05) is 6.54 Å². The average molecular weight is 399 g/mol. The molecule has 0 aromatic carbocycles. The first-order valence-electron chi connectivity index (χ1n) is 11.0. The molecule has 4 aliphatic carbocycles. The van der Waals surface area contributed by atoms with Crippen LogP contribution in [-0.2, 0) is 16.6 Å². The predicted octanol–water partition coefficient (Wildman–Crippen LogP) is 1.99. The van der Waals surface area contributed by atoms with Crippen molar-refractivity contribution in [1.29, 1.82) is 0 Å². The maximum atomic E-state index is 13.6. The summed E-state index contributed by atoms with van der Waals surface area (Å²) >= 11 is 0. The third-order valence-corrected chi connectivity index (χ3v) is 7.78. The van der Waals surface area contributed by atoms with Gasteiger partial charge in [-0.3, -0.25) is 25.2 Å². The molecule has 1 unspecified atom stereocenters. The molecule has 3 amide bonds. The SMILES string of the molecule is Cn1cccc1C(=O)NNC(=O)C1CCCN1C(=O)C12CC3CC(CC(C3)C1)C2. The van der Waals surface area contributed by atoms with Crippen LogP contribution in [0.2, 0.25) is 0 Å². The van der Waals surface area contributed by atoms with Gasteiger partial charge in [-0.1, -0.05) is 0 Å². The minimum atomic E-state index is -0.482. The van der Waals surface area contributed by atoms with Crippen LogP contribution in [0.1, 0.15) is 61.9 Å². The van der Waals surface area contributed by atoms with E-state index in [1.54, 1.807) is 29.9 Å². The number of nitrogens with zero attached hydrogens (tertiary/aromatic N) is 2. The van der Waals surface area contributed by atoms with Crippen LogP contribution in [0.4, 0.5) is 0 Å². The Hall–Kier alpha value is -2.31. The van der Waals surface area contributed by atoms with Crippen molar-refractivity contribution in [3.8, 4) is 0 Å². The van der Waals surface area contributed by atoms with Crippen LogP contribution in [0.5, 0.6) is 0 Å². The van der Waals surface area contributed by atoms with Crippen molar-refractivity contribution in [2.45, 2.75) is 57.4 Å². The van der Waals surface area contributed by atoms with Crippen LogP contribution >= 0.6 is 0 Å². The predicted molar refractivity (Wildman–Crippen MR) is 106 cm³/mol. The topological polar surface area (TPSA) is 83.4 Å². The van der Waals surface area contributed by atoms with Crippen LogP contribution < -0.4 is 10.9 Å². The molecule has 1 aromatic heterocycles. The van der Waals surface area contributed by atoms with Crippen molar-refractivity contribution in [2.24, 2.45) is 30.2 Å². The summed E-state index contributed by atoms with van der Waals surface area (Å²) in [6, 6.07) is 2.99. The second-order valence-corrected chi connectivity index (χ2v) is 9.80. The van der Waals surface area contributed by atoms with Crippen LogP contribution in [0.25, 0.3) is 0 Å². The molecule has 1 saturated heterocycles. The summed E-state index contributed by atoms with van der Waals surface area (Å²) in [4.78, 5) is 40.5. The highest BCUT2D eigenvalue weighted by atomic mass is 16.2. The van der Waals surface area contributed by atoms with Gasteiger partial charge in [0.05, 0.1) is 5.41 Å². The number of amides is 3. The molecule has 156 valence electrons. The summed E-state index contributed by atoms with van der Waals surface area (Å²) in [6.07, 6.45) is 10.2. The number of carbonyl (C=O) groups excluding carboxylic acids is 3. The van der Waals surface area contributed by atoms with Crippen molar-refractivity contribution in [3.63, 3.8) is 0 Å². The van der Waals surface area contributed by atoms with Gasteiger partial charge in [-0.15, -0.1) is 0 Å². The standard InChI is InChI=1S/C22H30N4O3/c1-25-6-2-4-17(25)19(27)23-24-20(28)18-5-3-7-26(18)21(29)22-11-14-8-15(12-22)10-16(9-14)13-22/h2,4,6,14-16,18H,3,5,7-13H2,1H3,(H,23,27)(H,24,28). The fourth-order valence-electron chi connectivity index (χ4n) is 6.92. The Labute approximate surface area is 171 Å². The molecule has 29 heavy (non-hydrogen) atoms. The summed E-state index contributed by atoms with van der Waals surface area (Å²) in [7, 11) is 1.78. The largest absolute Gasteiger partial charge is 0.347 e. The number of hydrazine groups is 1. The van der Waals surface area contributed by atoms with Crippen LogP contribution in [0.3, 0.4) is 0 Å². The monoisotopic (exact) mass is 398 g/mol. The Bertz CT molecular complexity index is 810. The minimum absolute atomic E-state index is 0.197. The van der Waals surface area contributed by atoms with E-state index in [1.165, 1.54) is 19.3 Å². The summed E-state index contributed by atoms with van der Waals surface area (Å²) in [5.74, 6) is 1.65. The van der Waals surface area contributed by atoms with Crippen molar-refractivity contribution >= 4 is 17.7 Å². The van der Waals surface area contributed by atoms with E-state index in [1.807, 2.05) is 4.90 Å². The van der Waals surface area contributed by atoms with Gasteiger partial charge < -0.3 is 9.47 Å². The van der Waals surface area contributed by atoms with Gasteiger partial charge in [0, 0.05) is 19.8 Å². The van der Waals surface area contributed by atoms with Gasteiger partial charge in [-0.05, 0) is 81.3 Å². The summed E-state index contributed by atoms with van der Waals surface area (Å²) in [5.41, 5.74) is 5.29. The molecule has 4 bridgehead atoms. The van der Waals surface area contributed by atoms with Gasteiger partial charge in [-0.2, -0.15) is 0 Å². The molecule has 2 heterocycles. The molecular weight excluding hydrogens is 368 g/mol. The Balaban J connectivity index is 1.25. The third-order valence-electron chi connectivity index (χ3n) is 7.78. The number of rotatable bonds is 3. The zero-order chi connectivity index (χ0) is 20.2. The molecule has 5 fully saturated rings. The molecule has 4 saturated carbocycles. The fourth-order valence-corrected chi connectivity index (χ4v) is 6.92. The molecule has 1 aliphatic heterocycles. The van der Waals surface area contributed by atoms with Gasteiger partial charge in [-0.25, -0.2) is 0 Å². The zero-order valence-corrected chi connectivity index (χ0v) is 17.0. The highest BCUT2D eigenvalue weighted by molar-refractivity contribution is 5.96. The minimum Gasteiger partial charge on any atom is -0.347 e. The van der Waals surface area contributed by atoms with Gasteiger partial charge in [0.2, 0.25) is 5.91 Å². The molecule has 6 rings (SSSR count). The van der Waals surface area contributed by atoms with Gasteiger partial charge in [0.25, 0.3) is 11.8 Å². The lowest BCUT2D eigenvalue weighted by atomic mass is 9.49. The number of aromatic nitrogens is 1. The van der Waals surface area contributed by atoms with Crippen LogP contribution in [0.15, 0.2) is 18.3 Å². The van der Waals surface area contributed by atoms with E-state index in [0.717, 1.165) is 25.7 Å². The Kier molecular flexibility index (Phi) is 4.44. The molecule has 7 heteroatoms. The van der Waals surface area contributed by atoms with Crippen LogP contribution in [-0.4, -0.2) is 39.8 Å². The van der Waals surface area contributed by atoms with E-state index < -0.39 is 6.04 Å². The lowest BCUT2D eigenvalue weighted by Gasteiger charge is -2.56. The second-order valence-electron chi connectivity index (χ2n) is 9.80. The van der Waals surface area contributed by atoms with Crippen molar-refractivity contribution < 1.29 is 14.4 Å². The van der Waals surface area contributed by atoms with Gasteiger partial charge >= 0.3 is 0 Å². The third kappa shape index (κ3) is 3.15. The number of aryl methyl sites for hydroxylation is 1. The smallest absolute Gasteiger partial charge is 0.286 e. The Morgan fingerprint density at radius 3 is 2.28 bits per heavy atom. The average Bonchev–Trinajstić information content (AvgIpc) is 3.33. The molecule has 5 aliphatic rings. The lowest BCUT2D eigenvalue weighted by molar-refractivity contribution is -0.160. The van der Waals surface area contributed by atoms with Crippen LogP contribution in [0, 0.1) is 23.2 Å². The molecule has 1 atom stereocenters. The van der Waals surface area contributed by atoms with E-state index in [-0.39, 0.29) is 23.1 Å². The first kappa shape index (κ1) is 18.7. The molecule has 0 spiro atoms. The summed E-state index contributed by atoms with van der Waals surface area (Å²) < 4.78 is 1.69. The number of hydrogen-bond donors (Lipinski definition) is 2. The zero-order valence-electron chi connectivity index (χ0n) is 17.0. The second kappa shape index (κ2) is 6.89. The van der Waals surface area contributed by atoms with Crippen molar-refractivity contribution in [1.82, 2.24) is 20.3 Å². The number of hydrogen-bond acceptors (Lipinski definition) is 3. The summed E-state index contributed by atoms with van der Waals surface area (Å²) in [6.45, 7) is 0.643. The maximum absolute atomic E-state index is 13.6. The Morgan fingerprint density at radius 1 is 1.03 bits per heavy atom. The van der Waals surface area contributed by atoms with E-state index in [9.17, 15) is 14.4 Å². The maximum Gasteiger partial charge on any atom is 0.286 e. The van der Waals surface area contributed by atoms with Crippen molar-refractivity contribution in [3.05, 3.63) is 24.0 Å². The highest BCUT2D eigenvalue weighted by Crippen LogP contribution is 2.60. The Morgan fingerprint density at radius 2 is 1.69 bits per heavy atom. The quantitative estimate of drug-likeness (QED) is 0.764. The summed E-state index contributed by atoms with van der Waals surface area (Å²) in [5, 5.41) is 0. The number of nitrogens with one attached hydrogen (secondary N) is 2. The molecule has 1 aromatic rings. The van der Waals surface area contributed by atoms with E-state index in [0.29, 0.717) is 36.4 Å². The molecule has 0 radical (unpaired) electrons. The molecule has 7 nitrogen and oxygen atoms in total. The van der Waals surface area contributed by atoms with E-state index in [4.69, 9.17) is 0 Å². The highest BCUT2D eigenvalue weighted by Gasteiger charge is 2.56. The number of carbonyl (C=O) groups is 3. The first-order chi connectivity index (χ1) is 13.9. The first-order valence-corrected chi connectivity index (χ1v) is 11.0. The van der Waals surface area contributed by atoms with E-state index >= 15 is 0 Å².